The summed E-state index contributed by atoms with van der Waals surface area (Å²) in [6, 6.07) is -0.639. The average Bonchev–Trinajstić information content (AvgIpc) is 2.21. The van der Waals surface area contributed by atoms with Crippen LogP contribution in [0.4, 0.5) is 0 Å². The molecule has 2 atom stereocenters. The van der Waals surface area contributed by atoms with Crippen LogP contribution in [0.5, 0.6) is 0 Å². The van der Waals surface area contributed by atoms with Crippen molar-refractivity contribution in [1.82, 2.24) is 5.32 Å². The molecule has 0 saturated heterocycles. The number of aliphatic hydroxyl groups excluding tert-OH is 1. The SMILES string of the molecule is COCC(NCCCC(C)CO)C(=O)O. The van der Waals surface area contributed by atoms with E-state index in [1.165, 1.54) is 7.11 Å². The van der Waals surface area contributed by atoms with Gasteiger partial charge in [-0.25, -0.2) is 0 Å². The van der Waals surface area contributed by atoms with Gasteiger partial charge in [0.25, 0.3) is 0 Å². The topological polar surface area (TPSA) is 78.8 Å². The molecule has 0 saturated carbocycles. The summed E-state index contributed by atoms with van der Waals surface area (Å²) in [5, 5.41) is 20.5. The lowest BCUT2D eigenvalue weighted by Crippen LogP contribution is -2.40. The van der Waals surface area contributed by atoms with Crippen LogP contribution in [0.1, 0.15) is 19.8 Å². The normalized spacial score (nSPS) is 14.9. The molecular weight excluding hydrogens is 198 g/mol. The molecule has 0 rings (SSSR count). The smallest absolute Gasteiger partial charge is 0.323 e. The summed E-state index contributed by atoms with van der Waals surface area (Å²) in [5.41, 5.74) is 0. The maximum absolute atomic E-state index is 10.7. The summed E-state index contributed by atoms with van der Waals surface area (Å²) in [6.07, 6.45) is 1.75. The molecule has 5 nitrogen and oxygen atoms in total. The first-order chi connectivity index (χ1) is 7.11. The molecule has 0 radical (unpaired) electrons. The van der Waals surface area contributed by atoms with E-state index in [0.29, 0.717) is 6.54 Å². The molecule has 0 heterocycles. The molecular formula is C10H21NO4. The molecule has 0 bridgehead atoms. The number of hydrogen-bond donors (Lipinski definition) is 3. The van der Waals surface area contributed by atoms with Crippen LogP contribution >= 0.6 is 0 Å². The van der Waals surface area contributed by atoms with E-state index in [1.807, 2.05) is 6.92 Å². The Hall–Kier alpha value is -0.650. The lowest BCUT2D eigenvalue weighted by molar-refractivity contribution is -0.140. The third-order valence-electron chi connectivity index (χ3n) is 2.21. The molecule has 0 aromatic heterocycles. The number of hydrogen-bond acceptors (Lipinski definition) is 4. The van der Waals surface area contributed by atoms with E-state index in [2.05, 4.69) is 5.32 Å². The number of carboxylic acid groups (broad SMARTS) is 1. The first kappa shape index (κ1) is 14.3. The molecule has 0 aliphatic carbocycles. The van der Waals surface area contributed by atoms with Crippen molar-refractivity contribution in [1.29, 1.82) is 0 Å². The number of rotatable bonds is 9. The summed E-state index contributed by atoms with van der Waals surface area (Å²) >= 11 is 0. The number of carboxylic acids is 1. The number of carbonyl (C=O) groups is 1. The standard InChI is InChI=1S/C10H21NO4/c1-8(6-12)4-3-5-11-9(7-15-2)10(13)14/h8-9,11-12H,3-7H2,1-2H3,(H,13,14). The van der Waals surface area contributed by atoms with Gasteiger partial charge in [-0.2, -0.15) is 0 Å². The Bertz CT molecular complexity index is 175. The van der Waals surface area contributed by atoms with Crippen molar-refractivity contribution in [3.8, 4) is 0 Å². The largest absolute Gasteiger partial charge is 0.480 e. The number of ether oxygens (including phenoxy) is 1. The van der Waals surface area contributed by atoms with Gasteiger partial charge < -0.3 is 20.3 Å². The molecule has 0 fully saturated rings. The van der Waals surface area contributed by atoms with Crippen LogP contribution in [0.15, 0.2) is 0 Å². The molecule has 0 amide bonds. The highest BCUT2D eigenvalue weighted by Gasteiger charge is 2.15. The third-order valence-corrected chi connectivity index (χ3v) is 2.21. The van der Waals surface area contributed by atoms with Gasteiger partial charge in [0.2, 0.25) is 0 Å². The van der Waals surface area contributed by atoms with Gasteiger partial charge in [0.05, 0.1) is 6.61 Å². The van der Waals surface area contributed by atoms with E-state index in [0.717, 1.165) is 12.8 Å². The van der Waals surface area contributed by atoms with Crippen LogP contribution < -0.4 is 5.32 Å². The van der Waals surface area contributed by atoms with E-state index in [9.17, 15) is 4.79 Å². The predicted molar refractivity (Wildman–Crippen MR) is 56.8 cm³/mol. The van der Waals surface area contributed by atoms with Gasteiger partial charge >= 0.3 is 5.97 Å². The highest BCUT2D eigenvalue weighted by molar-refractivity contribution is 5.73. The molecule has 2 unspecified atom stereocenters. The second-order valence-electron chi connectivity index (χ2n) is 3.73. The van der Waals surface area contributed by atoms with Crippen molar-refractivity contribution in [2.45, 2.75) is 25.8 Å². The molecule has 5 heteroatoms. The minimum atomic E-state index is -0.896. The van der Waals surface area contributed by atoms with Gasteiger partial charge in [-0.3, -0.25) is 4.79 Å². The molecule has 0 aromatic carbocycles. The van der Waals surface area contributed by atoms with Crippen molar-refractivity contribution < 1.29 is 19.7 Å². The summed E-state index contributed by atoms with van der Waals surface area (Å²) in [5.74, 6) is -0.621. The van der Waals surface area contributed by atoms with Gasteiger partial charge in [0.15, 0.2) is 0 Å². The maximum Gasteiger partial charge on any atom is 0.323 e. The molecule has 0 aliphatic heterocycles. The summed E-state index contributed by atoms with van der Waals surface area (Å²) in [4.78, 5) is 10.7. The van der Waals surface area contributed by atoms with Crippen molar-refractivity contribution in [3.05, 3.63) is 0 Å². The van der Waals surface area contributed by atoms with E-state index in [-0.39, 0.29) is 19.1 Å². The molecule has 0 aromatic rings. The first-order valence-electron chi connectivity index (χ1n) is 5.17. The van der Waals surface area contributed by atoms with Crippen LogP contribution in [0.25, 0.3) is 0 Å². The van der Waals surface area contributed by atoms with Crippen LogP contribution in [0.3, 0.4) is 0 Å². The molecule has 3 N–H and O–H groups in total. The zero-order valence-electron chi connectivity index (χ0n) is 9.40. The fraction of sp³-hybridized carbons (Fsp3) is 0.900. The van der Waals surface area contributed by atoms with Crippen LogP contribution in [-0.2, 0) is 9.53 Å². The van der Waals surface area contributed by atoms with E-state index >= 15 is 0 Å². The minimum Gasteiger partial charge on any atom is -0.480 e. The van der Waals surface area contributed by atoms with Gasteiger partial charge in [0, 0.05) is 13.7 Å². The van der Waals surface area contributed by atoms with Crippen molar-refractivity contribution in [3.63, 3.8) is 0 Å². The molecule has 15 heavy (non-hydrogen) atoms. The van der Waals surface area contributed by atoms with Gasteiger partial charge in [-0.15, -0.1) is 0 Å². The maximum atomic E-state index is 10.7. The summed E-state index contributed by atoms with van der Waals surface area (Å²) in [7, 11) is 1.48. The zero-order valence-corrected chi connectivity index (χ0v) is 9.40. The van der Waals surface area contributed by atoms with E-state index < -0.39 is 12.0 Å². The second kappa shape index (κ2) is 8.64. The van der Waals surface area contributed by atoms with Gasteiger partial charge in [0.1, 0.15) is 6.04 Å². The van der Waals surface area contributed by atoms with Crippen LogP contribution in [-0.4, -0.2) is 49.1 Å². The average molecular weight is 219 g/mol. The fourth-order valence-corrected chi connectivity index (χ4v) is 1.20. The highest BCUT2D eigenvalue weighted by Crippen LogP contribution is 2.02. The monoisotopic (exact) mass is 219 g/mol. The predicted octanol–water partition coefficient (Wildman–Crippen LogP) is 0.0842. The third kappa shape index (κ3) is 7.30. The number of methoxy groups -OCH3 is 1. The Labute approximate surface area is 90.4 Å². The van der Waals surface area contributed by atoms with Crippen molar-refractivity contribution in [2.75, 3.05) is 26.9 Å². The van der Waals surface area contributed by atoms with Crippen molar-refractivity contribution >= 4 is 5.97 Å². The fourth-order valence-electron chi connectivity index (χ4n) is 1.20. The lowest BCUT2D eigenvalue weighted by atomic mass is 10.1. The lowest BCUT2D eigenvalue weighted by Gasteiger charge is -2.14. The van der Waals surface area contributed by atoms with E-state index in [4.69, 9.17) is 14.9 Å². The second-order valence-corrected chi connectivity index (χ2v) is 3.73. The Kier molecular flexibility index (Phi) is 8.27. The Morgan fingerprint density at radius 2 is 2.20 bits per heavy atom. The van der Waals surface area contributed by atoms with Gasteiger partial charge in [-0.05, 0) is 25.3 Å². The first-order valence-corrected chi connectivity index (χ1v) is 5.17. The van der Waals surface area contributed by atoms with Crippen molar-refractivity contribution in [2.24, 2.45) is 5.92 Å². The number of aliphatic hydroxyl groups is 1. The molecule has 0 spiro atoms. The van der Waals surface area contributed by atoms with Crippen LogP contribution in [0.2, 0.25) is 0 Å². The Morgan fingerprint density at radius 3 is 2.67 bits per heavy atom. The minimum absolute atomic E-state index is 0.172. The number of nitrogens with one attached hydrogen (secondary N) is 1. The zero-order chi connectivity index (χ0) is 11.7. The van der Waals surface area contributed by atoms with Crippen LogP contribution in [0, 0.1) is 5.92 Å². The number of aliphatic carboxylic acids is 1. The quantitative estimate of drug-likeness (QED) is 0.479. The summed E-state index contributed by atoms with van der Waals surface area (Å²) < 4.78 is 4.78. The Balaban J connectivity index is 3.58. The van der Waals surface area contributed by atoms with E-state index in [1.54, 1.807) is 0 Å². The molecule has 90 valence electrons. The van der Waals surface area contributed by atoms with Gasteiger partial charge in [-0.1, -0.05) is 6.92 Å². The highest BCUT2D eigenvalue weighted by atomic mass is 16.5. The summed E-state index contributed by atoms with van der Waals surface area (Å²) in [6.45, 7) is 2.94. The molecule has 0 aliphatic rings. The Morgan fingerprint density at radius 1 is 1.53 bits per heavy atom.